The lowest BCUT2D eigenvalue weighted by molar-refractivity contribution is -0.384. The molecule has 2 N–H and O–H groups in total. The van der Waals surface area contributed by atoms with Gasteiger partial charge < -0.3 is 10.6 Å². The molecule has 1 aliphatic heterocycles. The third-order valence-electron chi connectivity index (χ3n) is 3.84. The summed E-state index contributed by atoms with van der Waals surface area (Å²) in [6.45, 7) is 1.74. The molecule has 1 atom stereocenters. The molecule has 0 aromatic heterocycles. The maximum absolute atomic E-state index is 12.3. The first-order valence-corrected chi connectivity index (χ1v) is 8.91. The molecule has 0 saturated heterocycles. The molecule has 0 saturated carbocycles. The van der Waals surface area contributed by atoms with Gasteiger partial charge in [0.2, 0.25) is 11.8 Å². The fourth-order valence-corrected chi connectivity index (χ4v) is 3.75. The van der Waals surface area contributed by atoms with E-state index in [2.05, 4.69) is 10.6 Å². The molecule has 2 amide bonds. The standard InChI is InChI=1S/C17H14ClN3O4S/c1-9-2-4-11(21(24)25)7-12(9)19-16(22)8-15-17(23)20-13-6-10(18)3-5-14(13)26-15/h2-7,15H,8H2,1H3,(H,19,22)(H,20,23). The molecule has 9 heteroatoms. The highest BCUT2D eigenvalue weighted by Gasteiger charge is 2.29. The molecule has 1 heterocycles. The van der Waals surface area contributed by atoms with Crippen LogP contribution in [0.15, 0.2) is 41.3 Å². The number of nitrogens with zero attached hydrogens (tertiary/aromatic N) is 1. The number of hydrogen-bond acceptors (Lipinski definition) is 5. The molecular weight excluding hydrogens is 378 g/mol. The number of nitro benzene ring substituents is 1. The monoisotopic (exact) mass is 391 g/mol. The molecule has 0 bridgehead atoms. The molecule has 26 heavy (non-hydrogen) atoms. The Balaban J connectivity index is 1.71. The highest BCUT2D eigenvalue weighted by atomic mass is 35.5. The van der Waals surface area contributed by atoms with Gasteiger partial charge in [-0.3, -0.25) is 19.7 Å². The molecule has 0 radical (unpaired) electrons. The summed E-state index contributed by atoms with van der Waals surface area (Å²) in [5.41, 5.74) is 1.57. The van der Waals surface area contributed by atoms with Gasteiger partial charge in [-0.15, -0.1) is 11.8 Å². The van der Waals surface area contributed by atoms with Gasteiger partial charge in [-0.25, -0.2) is 0 Å². The van der Waals surface area contributed by atoms with Crippen LogP contribution < -0.4 is 10.6 Å². The summed E-state index contributed by atoms with van der Waals surface area (Å²) in [5.74, 6) is -0.672. The number of hydrogen-bond donors (Lipinski definition) is 2. The van der Waals surface area contributed by atoms with E-state index in [9.17, 15) is 19.7 Å². The van der Waals surface area contributed by atoms with Crippen LogP contribution in [-0.4, -0.2) is 22.0 Å². The van der Waals surface area contributed by atoms with Crippen LogP contribution in [0.1, 0.15) is 12.0 Å². The van der Waals surface area contributed by atoms with Gasteiger partial charge in [-0.1, -0.05) is 17.7 Å². The largest absolute Gasteiger partial charge is 0.326 e. The molecule has 0 aliphatic carbocycles. The number of amides is 2. The second-order valence-corrected chi connectivity index (χ2v) is 7.43. The molecule has 7 nitrogen and oxygen atoms in total. The lowest BCUT2D eigenvalue weighted by atomic mass is 10.1. The van der Waals surface area contributed by atoms with Crippen LogP contribution in [0.4, 0.5) is 17.1 Å². The van der Waals surface area contributed by atoms with Crippen molar-refractivity contribution < 1.29 is 14.5 Å². The van der Waals surface area contributed by atoms with Gasteiger partial charge in [0.15, 0.2) is 0 Å². The Hall–Kier alpha value is -2.58. The summed E-state index contributed by atoms with van der Waals surface area (Å²) >= 11 is 7.20. The number of aryl methyl sites for hydroxylation is 1. The average molecular weight is 392 g/mol. The third kappa shape index (κ3) is 3.97. The Morgan fingerprint density at radius 3 is 2.85 bits per heavy atom. The van der Waals surface area contributed by atoms with Crippen LogP contribution in [0.2, 0.25) is 5.02 Å². The molecule has 2 aromatic carbocycles. The van der Waals surface area contributed by atoms with Crippen molar-refractivity contribution in [2.75, 3.05) is 10.6 Å². The number of carbonyl (C=O) groups is 2. The molecule has 134 valence electrons. The normalized spacial score (nSPS) is 15.8. The predicted molar refractivity (Wildman–Crippen MR) is 101 cm³/mol. The van der Waals surface area contributed by atoms with E-state index >= 15 is 0 Å². The fraction of sp³-hybridized carbons (Fsp3) is 0.176. The topological polar surface area (TPSA) is 101 Å². The Labute approximate surface area is 158 Å². The Morgan fingerprint density at radius 2 is 2.12 bits per heavy atom. The summed E-state index contributed by atoms with van der Waals surface area (Å²) in [4.78, 5) is 35.7. The van der Waals surface area contributed by atoms with E-state index in [1.54, 1.807) is 31.2 Å². The minimum absolute atomic E-state index is 0.0549. The molecule has 0 spiro atoms. The Bertz CT molecular complexity index is 919. The summed E-state index contributed by atoms with van der Waals surface area (Å²) < 4.78 is 0. The summed E-state index contributed by atoms with van der Waals surface area (Å²) in [5, 5.41) is 16.2. The number of thioether (sulfide) groups is 1. The lowest BCUT2D eigenvalue weighted by Gasteiger charge is -2.24. The number of nitro groups is 1. The first-order chi connectivity index (χ1) is 12.3. The van der Waals surface area contributed by atoms with Crippen molar-refractivity contribution in [3.05, 3.63) is 57.1 Å². The highest BCUT2D eigenvalue weighted by molar-refractivity contribution is 8.01. The molecule has 2 aromatic rings. The van der Waals surface area contributed by atoms with E-state index < -0.39 is 16.1 Å². The molecule has 1 unspecified atom stereocenters. The van der Waals surface area contributed by atoms with E-state index in [0.29, 0.717) is 22.0 Å². The van der Waals surface area contributed by atoms with Crippen molar-refractivity contribution >= 4 is 52.2 Å². The van der Waals surface area contributed by atoms with Crippen LogP contribution in [0.5, 0.6) is 0 Å². The molecule has 0 fully saturated rings. The van der Waals surface area contributed by atoms with E-state index in [-0.39, 0.29) is 18.0 Å². The average Bonchev–Trinajstić information content (AvgIpc) is 2.57. The number of anilines is 2. The van der Waals surface area contributed by atoms with Gasteiger partial charge in [0.1, 0.15) is 0 Å². The maximum atomic E-state index is 12.3. The van der Waals surface area contributed by atoms with Gasteiger partial charge in [0, 0.05) is 28.5 Å². The number of rotatable bonds is 4. The van der Waals surface area contributed by atoms with Crippen molar-refractivity contribution in [3.8, 4) is 0 Å². The number of carbonyl (C=O) groups excluding carboxylic acids is 2. The fourth-order valence-electron chi connectivity index (χ4n) is 2.48. The minimum Gasteiger partial charge on any atom is -0.326 e. The van der Waals surface area contributed by atoms with E-state index in [4.69, 9.17) is 11.6 Å². The first kappa shape index (κ1) is 18.2. The van der Waals surface area contributed by atoms with Crippen LogP contribution in [-0.2, 0) is 9.59 Å². The van der Waals surface area contributed by atoms with Crippen molar-refractivity contribution in [3.63, 3.8) is 0 Å². The van der Waals surface area contributed by atoms with Crippen LogP contribution in [0.25, 0.3) is 0 Å². The van der Waals surface area contributed by atoms with Crippen molar-refractivity contribution in [2.24, 2.45) is 0 Å². The van der Waals surface area contributed by atoms with Gasteiger partial charge in [-0.2, -0.15) is 0 Å². The predicted octanol–water partition coefficient (Wildman–Crippen LogP) is 4.00. The molecule has 3 rings (SSSR count). The number of non-ortho nitro benzene ring substituents is 1. The second-order valence-electron chi connectivity index (χ2n) is 5.74. The van der Waals surface area contributed by atoms with Gasteiger partial charge in [0.25, 0.3) is 5.69 Å². The number of nitrogens with one attached hydrogen (secondary N) is 2. The van der Waals surface area contributed by atoms with E-state index in [1.807, 2.05) is 0 Å². The molecular formula is C17H14ClN3O4S. The zero-order valence-corrected chi connectivity index (χ0v) is 15.2. The molecule has 1 aliphatic rings. The smallest absolute Gasteiger partial charge is 0.271 e. The van der Waals surface area contributed by atoms with Crippen LogP contribution in [0.3, 0.4) is 0 Å². The van der Waals surface area contributed by atoms with Crippen molar-refractivity contribution in [1.29, 1.82) is 0 Å². The number of benzene rings is 2. The van der Waals surface area contributed by atoms with E-state index in [1.165, 1.54) is 23.9 Å². The van der Waals surface area contributed by atoms with Crippen molar-refractivity contribution in [1.82, 2.24) is 0 Å². The van der Waals surface area contributed by atoms with Gasteiger partial charge in [0.05, 0.1) is 21.5 Å². The SMILES string of the molecule is Cc1ccc([N+](=O)[O-])cc1NC(=O)CC1Sc2ccc(Cl)cc2NC1=O. The maximum Gasteiger partial charge on any atom is 0.271 e. The van der Waals surface area contributed by atoms with Gasteiger partial charge in [-0.05, 0) is 30.7 Å². The summed E-state index contributed by atoms with van der Waals surface area (Å²) in [6, 6.07) is 9.41. The van der Waals surface area contributed by atoms with Crippen LogP contribution in [0, 0.1) is 17.0 Å². The first-order valence-electron chi connectivity index (χ1n) is 7.65. The number of halogens is 1. The Kier molecular flexibility index (Phi) is 5.15. The quantitative estimate of drug-likeness (QED) is 0.606. The zero-order chi connectivity index (χ0) is 18.8. The van der Waals surface area contributed by atoms with Crippen molar-refractivity contribution in [2.45, 2.75) is 23.5 Å². The summed E-state index contributed by atoms with van der Waals surface area (Å²) in [7, 11) is 0. The lowest BCUT2D eigenvalue weighted by Crippen LogP contribution is -2.32. The van der Waals surface area contributed by atoms with Gasteiger partial charge >= 0.3 is 0 Å². The highest BCUT2D eigenvalue weighted by Crippen LogP contribution is 2.38. The van der Waals surface area contributed by atoms with E-state index in [0.717, 1.165) is 4.90 Å². The summed E-state index contributed by atoms with van der Waals surface area (Å²) in [6.07, 6.45) is -0.0549. The third-order valence-corrected chi connectivity index (χ3v) is 5.35. The second kappa shape index (κ2) is 7.35. The minimum atomic E-state index is -0.595. The number of fused-ring (bicyclic) bond motifs is 1. The Morgan fingerprint density at radius 1 is 1.35 bits per heavy atom. The van der Waals surface area contributed by atoms with Crippen LogP contribution >= 0.6 is 23.4 Å². The zero-order valence-electron chi connectivity index (χ0n) is 13.6.